The Kier molecular flexibility index (Phi) is 7.57. The monoisotopic (exact) mass is 720 g/mol. The smallest absolute Gasteiger partial charge is 0.191 e. The van der Waals surface area contributed by atoms with E-state index in [1.807, 2.05) is 0 Å². The molecule has 6 aromatic carbocycles. The third-order valence-electron chi connectivity index (χ3n) is 12.4. The van der Waals surface area contributed by atoms with E-state index in [2.05, 4.69) is 210 Å². The Labute approximate surface area is 328 Å². The van der Waals surface area contributed by atoms with Gasteiger partial charge in [0.15, 0.2) is 24.6 Å². The minimum absolute atomic E-state index is 0.0208. The maximum atomic E-state index is 2.64. The van der Waals surface area contributed by atoms with E-state index in [-0.39, 0.29) is 12.1 Å². The average molecular weight is 721 g/mol. The van der Waals surface area contributed by atoms with Crippen LogP contribution in [0.15, 0.2) is 182 Å². The largest absolute Gasteiger partial charge is 0.243 e. The van der Waals surface area contributed by atoms with Crippen molar-refractivity contribution in [1.29, 1.82) is 0 Å². The van der Waals surface area contributed by atoms with Gasteiger partial charge in [0, 0.05) is 53.3 Å². The Balaban J connectivity index is 1.35. The third kappa shape index (κ3) is 5.15. The highest BCUT2D eigenvalue weighted by Crippen LogP contribution is 2.42. The van der Waals surface area contributed by atoms with Crippen LogP contribution in [0, 0.1) is 13.8 Å². The number of hydrogen-bond donors (Lipinski definition) is 0. The highest BCUT2D eigenvalue weighted by atomic mass is 15.1. The molecule has 0 aliphatic carbocycles. The second-order valence-corrected chi connectivity index (χ2v) is 15.7. The summed E-state index contributed by atoms with van der Waals surface area (Å²) in [4.78, 5) is 0. The fourth-order valence-corrected chi connectivity index (χ4v) is 9.94. The topological polar surface area (TPSA) is 11.6 Å². The zero-order chi connectivity index (χ0) is 37.3. The van der Waals surface area contributed by atoms with E-state index in [0.29, 0.717) is 0 Å². The Bertz CT molecular complexity index is 3020. The summed E-state index contributed by atoms with van der Waals surface area (Å²) in [5.74, 6) is 0. The van der Waals surface area contributed by atoms with Crippen LogP contribution >= 0.6 is 0 Å². The molecule has 2 unspecified atom stereocenters. The lowest BCUT2D eigenvalue weighted by atomic mass is 9.87. The molecule has 2 aliphatic heterocycles. The molecule has 2 aliphatic rings. The van der Waals surface area contributed by atoms with E-state index < -0.39 is 0 Å². The van der Waals surface area contributed by atoms with Crippen LogP contribution < -0.4 is 13.7 Å². The quantitative estimate of drug-likeness (QED) is 0.118. The summed E-state index contributed by atoms with van der Waals surface area (Å²) in [6.07, 6.45) is 7.82. The van der Waals surface area contributed by atoms with Crippen molar-refractivity contribution in [2.24, 2.45) is 0 Å². The molecule has 0 radical (unpaired) electrons. The molecular formula is C53H42N3+3. The van der Waals surface area contributed by atoms with Crippen molar-refractivity contribution in [1.82, 2.24) is 0 Å². The number of pyridine rings is 3. The minimum Gasteiger partial charge on any atom is -0.191 e. The number of hydrogen-bond acceptors (Lipinski definition) is 0. The molecule has 0 spiro atoms. The minimum atomic E-state index is -0.0350. The summed E-state index contributed by atoms with van der Waals surface area (Å²) in [6, 6.07) is 61.4. The summed E-state index contributed by atoms with van der Waals surface area (Å²) in [7, 11) is 0. The Morgan fingerprint density at radius 3 is 2.18 bits per heavy atom. The van der Waals surface area contributed by atoms with E-state index in [1.54, 1.807) is 0 Å². The molecule has 0 fully saturated rings. The summed E-state index contributed by atoms with van der Waals surface area (Å²) < 4.78 is 7.72. The van der Waals surface area contributed by atoms with Gasteiger partial charge in [0.1, 0.15) is 0 Å². The number of fused-ring (bicyclic) bond motifs is 11. The number of nitrogens with zero attached hydrogens (tertiary/aromatic N) is 3. The summed E-state index contributed by atoms with van der Waals surface area (Å²) in [5, 5.41) is 5.11. The van der Waals surface area contributed by atoms with Gasteiger partial charge in [0.2, 0.25) is 29.7 Å². The zero-order valence-corrected chi connectivity index (χ0v) is 31.7. The van der Waals surface area contributed by atoms with Crippen LogP contribution in [0.5, 0.6) is 0 Å². The highest BCUT2D eigenvalue weighted by Gasteiger charge is 2.41. The molecule has 5 heterocycles. The van der Waals surface area contributed by atoms with Crippen molar-refractivity contribution in [2.45, 2.75) is 38.9 Å². The molecule has 3 nitrogen and oxygen atoms in total. The van der Waals surface area contributed by atoms with Gasteiger partial charge in [-0.1, -0.05) is 97.1 Å². The van der Waals surface area contributed by atoms with Crippen LogP contribution in [0.1, 0.15) is 39.9 Å². The highest BCUT2D eigenvalue weighted by molar-refractivity contribution is 6.10. The first-order chi connectivity index (χ1) is 27.6. The summed E-state index contributed by atoms with van der Waals surface area (Å²) in [6.45, 7) is 5.35. The van der Waals surface area contributed by atoms with E-state index in [4.69, 9.17) is 0 Å². The Morgan fingerprint density at radius 2 is 1.27 bits per heavy atom. The van der Waals surface area contributed by atoms with E-state index in [0.717, 1.165) is 13.0 Å². The van der Waals surface area contributed by atoms with Crippen LogP contribution in [0.4, 0.5) is 0 Å². The van der Waals surface area contributed by atoms with Crippen LogP contribution in [0.3, 0.4) is 0 Å². The molecule has 56 heavy (non-hydrogen) atoms. The van der Waals surface area contributed by atoms with E-state index >= 15 is 0 Å². The average Bonchev–Trinajstić information content (AvgIpc) is 3.27. The Hall–Kier alpha value is -6.71. The first kappa shape index (κ1) is 32.7. The molecular weight excluding hydrogens is 679 g/mol. The SMILES string of the molecule is Cc1cc(C)c2c(c1)-c1c3ccc4ccccc4c3cc[n+]1C1Cc3ccc(-c4ccccc4)cc3-c3cccc[n+]3C2C[n+]2ccccc2-c2ccccc21. The molecule has 0 N–H and O–H groups in total. The molecule has 2 atom stereocenters. The molecule has 0 amide bonds. The van der Waals surface area contributed by atoms with Gasteiger partial charge in [-0.3, -0.25) is 0 Å². The van der Waals surface area contributed by atoms with Crippen LogP contribution in [-0.2, 0) is 13.0 Å². The molecule has 266 valence electrons. The van der Waals surface area contributed by atoms with Crippen molar-refractivity contribution in [2.75, 3.05) is 0 Å². The lowest BCUT2D eigenvalue weighted by Crippen LogP contribution is -2.51. The van der Waals surface area contributed by atoms with Gasteiger partial charge in [-0.15, -0.1) is 0 Å². The fraction of sp³-hybridized carbons (Fsp3) is 0.113. The lowest BCUT2D eigenvalue weighted by molar-refractivity contribution is -0.781. The molecule has 3 aromatic heterocycles. The van der Waals surface area contributed by atoms with Gasteiger partial charge in [0.05, 0.1) is 22.1 Å². The molecule has 3 heteroatoms. The van der Waals surface area contributed by atoms with Crippen LogP contribution in [0.25, 0.3) is 66.4 Å². The predicted molar refractivity (Wildman–Crippen MR) is 226 cm³/mol. The van der Waals surface area contributed by atoms with Crippen molar-refractivity contribution in [3.05, 3.63) is 210 Å². The second kappa shape index (κ2) is 13.0. The normalized spacial score (nSPS) is 15.5. The van der Waals surface area contributed by atoms with Crippen LogP contribution in [-0.4, -0.2) is 0 Å². The fourth-order valence-electron chi connectivity index (χ4n) is 9.94. The van der Waals surface area contributed by atoms with Crippen molar-refractivity contribution in [3.8, 4) is 44.9 Å². The lowest BCUT2D eigenvalue weighted by Gasteiger charge is -2.21. The molecule has 11 rings (SSSR count). The van der Waals surface area contributed by atoms with Gasteiger partial charge in [-0.25, -0.2) is 0 Å². The van der Waals surface area contributed by atoms with Crippen molar-refractivity contribution >= 4 is 21.5 Å². The molecule has 9 aromatic rings. The standard InChI is InChI=1S/C53H42N3/c1-35-30-36(2)52-47(31-35)53-45-25-24-38-16-6-7-17-41(38)42(45)26-29-56(53)50-33-40-23-22-39(37-14-4-3-5-15-37)32-46(40)49-21-11-13-28-55(49)51(52)34-54-27-12-10-20-48(54)43-18-8-9-19-44(43)50/h3-32,50-51H,33-34H2,1-2H3/q+3. The van der Waals surface area contributed by atoms with Crippen LogP contribution in [0.2, 0.25) is 0 Å². The summed E-state index contributed by atoms with van der Waals surface area (Å²) in [5.41, 5.74) is 16.6. The first-order valence-electron chi connectivity index (χ1n) is 19.8. The predicted octanol–water partition coefficient (Wildman–Crippen LogP) is 10.9. The van der Waals surface area contributed by atoms with Gasteiger partial charge >= 0.3 is 0 Å². The van der Waals surface area contributed by atoms with Gasteiger partial charge in [-0.2, -0.15) is 13.7 Å². The molecule has 0 saturated heterocycles. The molecule has 0 saturated carbocycles. The van der Waals surface area contributed by atoms with E-state index in [1.165, 1.54) is 94.3 Å². The summed E-state index contributed by atoms with van der Waals surface area (Å²) >= 11 is 0. The Morgan fingerprint density at radius 1 is 0.482 bits per heavy atom. The maximum Gasteiger partial charge on any atom is 0.243 e. The second-order valence-electron chi connectivity index (χ2n) is 15.7. The molecule has 2 bridgehead atoms. The zero-order valence-electron chi connectivity index (χ0n) is 31.7. The third-order valence-corrected chi connectivity index (χ3v) is 12.4. The maximum absolute atomic E-state index is 2.64. The van der Waals surface area contributed by atoms with Gasteiger partial charge in [-0.05, 0) is 88.8 Å². The van der Waals surface area contributed by atoms with Gasteiger partial charge < -0.3 is 0 Å². The first-order valence-corrected chi connectivity index (χ1v) is 19.8. The van der Waals surface area contributed by atoms with Crippen molar-refractivity contribution in [3.63, 3.8) is 0 Å². The van der Waals surface area contributed by atoms with Crippen molar-refractivity contribution < 1.29 is 13.7 Å². The number of rotatable bonds is 1. The van der Waals surface area contributed by atoms with Gasteiger partial charge in [0.25, 0.3) is 0 Å². The number of aromatic nitrogens is 3. The number of benzene rings is 6. The number of aryl methyl sites for hydroxylation is 2. The van der Waals surface area contributed by atoms with E-state index in [9.17, 15) is 0 Å².